The number of sulfonamides is 1. The van der Waals surface area contributed by atoms with E-state index in [-0.39, 0.29) is 23.1 Å². The van der Waals surface area contributed by atoms with E-state index in [0.29, 0.717) is 25.9 Å². The second kappa shape index (κ2) is 5.57. The Labute approximate surface area is 110 Å². The summed E-state index contributed by atoms with van der Waals surface area (Å²) < 4.78 is 24.9. The molecule has 0 radical (unpaired) electrons. The van der Waals surface area contributed by atoms with Crippen LogP contribution in [0.2, 0.25) is 0 Å². The van der Waals surface area contributed by atoms with Gasteiger partial charge in [-0.15, -0.1) is 0 Å². The van der Waals surface area contributed by atoms with Crippen LogP contribution in [0.15, 0.2) is 0 Å². The van der Waals surface area contributed by atoms with Crippen LogP contribution in [0.5, 0.6) is 0 Å². The van der Waals surface area contributed by atoms with E-state index >= 15 is 0 Å². The minimum atomic E-state index is -3.10. The predicted octanol–water partition coefficient (Wildman–Crippen LogP) is 0.963. The Balaban J connectivity index is 2.52. The van der Waals surface area contributed by atoms with Crippen molar-refractivity contribution in [1.82, 2.24) is 9.62 Å². The molecule has 0 unspecified atom stereocenters. The van der Waals surface area contributed by atoms with E-state index < -0.39 is 10.0 Å². The normalized spacial score (nSPS) is 19.8. The Morgan fingerprint density at radius 2 is 1.78 bits per heavy atom. The van der Waals surface area contributed by atoms with Gasteiger partial charge < -0.3 is 5.32 Å². The maximum Gasteiger partial charge on any atom is 0.223 e. The second-order valence-corrected chi connectivity index (χ2v) is 8.07. The fraction of sp³-hybridized carbons (Fsp3) is 0.917. The first kappa shape index (κ1) is 15.4. The minimum absolute atomic E-state index is 0.0380. The molecule has 0 atom stereocenters. The summed E-state index contributed by atoms with van der Waals surface area (Å²) in [5.41, 5.74) is -0.232. The largest absolute Gasteiger partial charge is 0.351 e. The summed E-state index contributed by atoms with van der Waals surface area (Å²) in [4.78, 5) is 12.0. The molecule has 1 N–H and O–H groups in total. The highest BCUT2D eigenvalue weighted by Crippen LogP contribution is 2.20. The smallest absolute Gasteiger partial charge is 0.223 e. The Morgan fingerprint density at radius 1 is 1.28 bits per heavy atom. The highest BCUT2D eigenvalue weighted by Gasteiger charge is 2.31. The van der Waals surface area contributed by atoms with Crippen LogP contribution in [0.25, 0.3) is 0 Å². The summed E-state index contributed by atoms with van der Waals surface area (Å²) in [5.74, 6) is 0.106. The molecule has 1 aliphatic rings. The van der Waals surface area contributed by atoms with Gasteiger partial charge in [0.15, 0.2) is 0 Å². The van der Waals surface area contributed by atoms with Crippen LogP contribution in [0.4, 0.5) is 0 Å². The molecule has 1 amide bonds. The summed E-state index contributed by atoms with van der Waals surface area (Å²) >= 11 is 0. The summed E-state index contributed by atoms with van der Waals surface area (Å²) in [5, 5.41) is 2.95. The molecule has 6 heteroatoms. The first-order valence-electron chi connectivity index (χ1n) is 6.45. The second-order valence-electron chi connectivity index (χ2n) is 5.81. The van der Waals surface area contributed by atoms with E-state index in [1.54, 1.807) is 6.92 Å². The molecular formula is C12H24N2O3S. The number of hydrogen-bond acceptors (Lipinski definition) is 3. The molecule has 5 nitrogen and oxygen atoms in total. The molecule has 0 aromatic rings. The van der Waals surface area contributed by atoms with Crippen molar-refractivity contribution in [2.24, 2.45) is 5.92 Å². The summed E-state index contributed by atoms with van der Waals surface area (Å²) in [7, 11) is -3.10. The third-order valence-electron chi connectivity index (χ3n) is 3.08. The average Bonchev–Trinajstić information content (AvgIpc) is 2.27. The lowest BCUT2D eigenvalue weighted by Crippen LogP contribution is -2.48. The number of nitrogens with one attached hydrogen (secondary N) is 1. The predicted molar refractivity (Wildman–Crippen MR) is 71.7 cm³/mol. The van der Waals surface area contributed by atoms with Crippen molar-refractivity contribution >= 4 is 15.9 Å². The zero-order chi connectivity index (χ0) is 14.0. The highest BCUT2D eigenvalue weighted by atomic mass is 32.2. The number of carbonyl (C=O) groups is 1. The van der Waals surface area contributed by atoms with Gasteiger partial charge in [-0.05, 0) is 40.5 Å². The molecule has 0 aliphatic carbocycles. The van der Waals surface area contributed by atoms with Gasteiger partial charge in [-0.2, -0.15) is 0 Å². The van der Waals surface area contributed by atoms with Crippen LogP contribution in [-0.2, 0) is 14.8 Å². The molecule has 1 aliphatic heterocycles. The Bertz CT molecular complexity index is 390. The number of nitrogens with zero attached hydrogens (tertiary/aromatic N) is 1. The van der Waals surface area contributed by atoms with Gasteiger partial charge in [0.1, 0.15) is 0 Å². The first-order valence-corrected chi connectivity index (χ1v) is 8.06. The van der Waals surface area contributed by atoms with Crippen molar-refractivity contribution in [1.29, 1.82) is 0 Å². The summed E-state index contributed by atoms with van der Waals surface area (Å²) in [6, 6.07) is 0. The van der Waals surface area contributed by atoms with Crippen LogP contribution in [0, 0.1) is 5.92 Å². The summed E-state index contributed by atoms with van der Waals surface area (Å²) in [6.45, 7) is 8.40. The van der Waals surface area contributed by atoms with Crippen molar-refractivity contribution in [2.75, 3.05) is 18.8 Å². The van der Waals surface area contributed by atoms with Crippen LogP contribution in [-0.4, -0.2) is 43.0 Å². The van der Waals surface area contributed by atoms with E-state index in [0.717, 1.165) is 0 Å². The van der Waals surface area contributed by atoms with Gasteiger partial charge in [0.05, 0.1) is 5.75 Å². The van der Waals surface area contributed by atoms with Gasteiger partial charge in [-0.1, -0.05) is 0 Å². The zero-order valence-corrected chi connectivity index (χ0v) is 12.5. The molecule has 1 heterocycles. The molecule has 0 aromatic heterocycles. The Kier molecular flexibility index (Phi) is 4.78. The maximum atomic E-state index is 12.0. The number of carbonyl (C=O) groups excluding carboxylic acids is 1. The molecule has 0 bridgehead atoms. The molecule has 18 heavy (non-hydrogen) atoms. The van der Waals surface area contributed by atoms with Gasteiger partial charge in [-0.3, -0.25) is 4.79 Å². The Morgan fingerprint density at radius 3 is 2.17 bits per heavy atom. The highest BCUT2D eigenvalue weighted by molar-refractivity contribution is 7.89. The van der Waals surface area contributed by atoms with Gasteiger partial charge in [0, 0.05) is 24.5 Å². The van der Waals surface area contributed by atoms with E-state index in [2.05, 4.69) is 5.32 Å². The average molecular weight is 276 g/mol. The summed E-state index contributed by atoms with van der Waals surface area (Å²) in [6.07, 6.45) is 1.22. The lowest BCUT2D eigenvalue weighted by atomic mass is 9.96. The minimum Gasteiger partial charge on any atom is -0.351 e. The fourth-order valence-corrected chi connectivity index (χ4v) is 3.18. The third-order valence-corrected chi connectivity index (χ3v) is 4.96. The molecule has 0 aromatic carbocycles. The lowest BCUT2D eigenvalue weighted by molar-refractivity contribution is -0.127. The molecule has 1 rings (SSSR count). The van der Waals surface area contributed by atoms with Crippen LogP contribution >= 0.6 is 0 Å². The molecule has 1 fully saturated rings. The molecular weight excluding hydrogens is 252 g/mol. The quantitative estimate of drug-likeness (QED) is 0.835. The maximum absolute atomic E-state index is 12.0. The van der Waals surface area contributed by atoms with E-state index in [9.17, 15) is 13.2 Å². The molecule has 1 saturated heterocycles. The molecule has 0 spiro atoms. The van der Waals surface area contributed by atoms with Crippen molar-refractivity contribution in [2.45, 2.75) is 46.1 Å². The number of piperidine rings is 1. The van der Waals surface area contributed by atoms with E-state index in [4.69, 9.17) is 0 Å². The number of rotatable bonds is 3. The first-order chi connectivity index (χ1) is 8.15. The van der Waals surface area contributed by atoms with Crippen LogP contribution < -0.4 is 5.32 Å². The van der Waals surface area contributed by atoms with Gasteiger partial charge in [0.2, 0.25) is 15.9 Å². The van der Waals surface area contributed by atoms with Gasteiger partial charge in [-0.25, -0.2) is 12.7 Å². The van der Waals surface area contributed by atoms with Crippen LogP contribution in [0.3, 0.4) is 0 Å². The Hall–Kier alpha value is -0.620. The monoisotopic (exact) mass is 276 g/mol. The van der Waals surface area contributed by atoms with Gasteiger partial charge in [0.25, 0.3) is 0 Å². The molecule has 0 saturated carbocycles. The topological polar surface area (TPSA) is 66.5 Å². The third kappa shape index (κ3) is 4.24. The lowest BCUT2D eigenvalue weighted by Gasteiger charge is -2.32. The number of hydrogen-bond donors (Lipinski definition) is 1. The van der Waals surface area contributed by atoms with Crippen LogP contribution in [0.1, 0.15) is 40.5 Å². The van der Waals surface area contributed by atoms with Crippen molar-refractivity contribution < 1.29 is 13.2 Å². The van der Waals surface area contributed by atoms with Crippen molar-refractivity contribution in [3.63, 3.8) is 0 Å². The van der Waals surface area contributed by atoms with E-state index in [1.165, 1.54) is 4.31 Å². The molecule has 106 valence electrons. The SMILES string of the molecule is CCS(=O)(=O)N1CCC(C(=O)NC(C)(C)C)CC1. The van der Waals surface area contributed by atoms with Gasteiger partial charge >= 0.3 is 0 Å². The van der Waals surface area contributed by atoms with Crippen molar-refractivity contribution in [3.05, 3.63) is 0 Å². The number of amides is 1. The van der Waals surface area contributed by atoms with E-state index in [1.807, 2.05) is 20.8 Å². The van der Waals surface area contributed by atoms with Crippen molar-refractivity contribution in [3.8, 4) is 0 Å². The zero-order valence-electron chi connectivity index (χ0n) is 11.7. The fourth-order valence-electron chi connectivity index (χ4n) is 2.05. The standard InChI is InChI=1S/C12H24N2O3S/c1-5-18(16,17)14-8-6-10(7-9-14)11(15)13-12(2,3)4/h10H,5-9H2,1-4H3,(H,13,15).